The average Bonchev–Trinajstić information content (AvgIpc) is 3.21. The number of nitrogens with zero attached hydrogens (tertiary/aromatic N) is 3. The minimum absolute atomic E-state index is 0.0207. The van der Waals surface area contributed by atoms with Gasteiger partial charge in [-0.05, 0) is 36.0 Å². The molecule has 0 spiro atoms. The number of nitro benzene ring substituents is 1. The molecule has 0 N–H and O–H groups in total. The van der Waals surface area contributed by atoms with Crippen LogP contribution in [0.5, 0.6) is 0 Å². The molecule has 23 heavy (non-hydrogen) atoms. The van der Waals surface area contributed by atoms with Crippen LogP contribution < -0.4 is 0 Å². The number of fused-ring (bicyclic) bond motifs is 5. The predicted molar refractivity (Wildman–Crippen MR) is 80.3 cm³/mol. The molecule has 2 amide bonds. The Bertz CT molecular complexity index is 738. The smallest absolute Gasteiger partial charge is 0.269 e. The molecule has 1 aliphatic heterocycles. The van der Waals surface area contributed by atoms with E-state index in [-0.39, 0.29) is 41.2 Å². The van der Waals surface area contributed by atoms with E-state index in [4.69, 9.17) is 0 Å². The number of nitro groups is 1. The van der Waals surface area contributed by atoms with Crippen LogP contribution in [0.1, 0.15) is 12.0 Å². The fourth-order valence-electron chi connectivity index (χ4n) is 3.81. The Labute approximate surface area is 131 Å². The SMILES string of the molecule is O=C1[C@@H]2[C@H](C(=O)N1/N=C\c1ccc([N+](=O)[O-])cc1)[C@H]1C=C[C@H]2C1. The first kappa shape index (κ1) is 13.8. The summed E-state index contributed by atoms with van der Waals surface area (Å²) in [5.41, 5.74) is 0.571. The minimum Gasteiger partial charge on any atom is -0.272 e. The first-order valence-electron chi connectivity index (χ1n) is 7.41. The third-order valence-corrected chi connectivity index (χ3v) is 4.87. The lowest BCUT2D eigenvalue weighted by Crippen LogP contribution is -2.28. The molecule has 116 valence electrons. The largest absolute Gasteiger partial charge is 0.272 e. The van der Waals surface area contributed by atoms with Crippen molar-refractivity contribution in [3.63, 3.8) is 0 Å². The van der Waals surface area contributed by atoms with Gasteiger partial charge in [0.15, 0.2) is 0 Å². The summed E-state index contributed by atoms with van der Waals surface area (Å²) < 4.78 is 0. The van der Waals surface area contributed by atoms with E-state index in [1.54, 1.807) is 0 Å². The van der Waals surface area contributed by atoms with Gasteiger partial charge in [0.2, 0.25) is 0 Å². The second-order valence-electron chi connectivity index (χ2n) is 6.08. The van der Waals surface area contributed by atoms with Gasteiger partial charge in [0.05, 0.1) is 23.0 Å². The van der Waals surface area contributed by atoms with Gasteiger partial charge in [-0.1, -0.05) is 12.2 Å². The van der Waals surface area contributed by atoms with Gasteiger partial charge in [-0.3, -0.25) is 19.7 Å². The van der Waals surface area contributed by atoms with Gasteiger partial charge in [0.1, 0.15) is 0 Å². The number of benzene rings is 1. The van der Waals surface area contributed by atoms with Crippen LogP contribution in [-0.4, -0.2) is 28.0 Å². The number of carbonyl (C=O) groups excluding carboxylic acids is 2. The van der Waals surface area contributed by atoms with Crippen molar-refractivity contribution in [2.24, 2.45) is 28.8 Å². The molecule has 1 saturated carbocycles. The maximum atomic E-state index is 12.4. The fourth-order valence-corrected chi connectivity index (χ4v) is 3.81. The highest BCUT2D eigenvalue weighted by Gasteiger charge is 2.59. The number of rotatable bonds is 3. The highest BCUT2D eigenvalue weighted by Crippen LogP contribution is 2.52. The molecule has 7 nitrogen and oxygen atoms in total. The van der Waals surface area contributed by atoms with Crippen LogP contribution in [0.2, 0.25) is 0 Å². The molecule has 2 aliphatic carbocycles. The van der Waals surface area contributed by atoms with Gasteiger partial charge < -0.3 is 0 Å². The lowest BCUT2D eigenvalue weighted by Gasteiger charge is -2.13. The molecule has 1 saturated heterocycles. The summed E-state index contributed by atoms with van der Waals surface area (Å²) in [5.74, 6) is -0.718. The van der Waals surface area contributed by atoms with Crippen LogP contribution in [0, 0.1) is 33.8 Å². The van der Waals surface area contributed by atoms with E-state index < -0.39 is 4.92 Å². The lowest BCUT2D eigenvalue weighted by molar-refractivity contribution is -0.384. The number of hydrogen-bond acceptors (Lipinski definition) is 5. The predicted octanol–water partition coefficient (Wildman–Crippen LogP) is 1.74. The van der Waals surface area contributed by atoms with Crippen molar-refractivity contribution in [3.05, 3.63) is 52.1 Å². The standard InChI is InChI=1S/C16H13N3O4/c20-15-13-10-3-4-11(7-10)14(13)16(21)18(15)17-8-9-1-5-12(6-2-9)19(22)23/h1-6,8,10-11,13-14H,7H2/b17-8-/t10-,11-,13-,14+/m0/s1. The normalized spacial score (nSPS) is 31.4. The minimum atomic E-state index is -0.488. The second-order valence-corrected chi connectivity index (χ2v) is 6.08. The topological polar surface area (TPSA) is 92.9 Å². The average molecular weight is 311 g/mol. The van der Waals surface area contributed by atoms with Crippen LogP contribution in [0.25, 0.3) is 0 Å². The number of imide groups is 1. The molecule has 1 heterocycles. The molecule has 7 heteroatoms. The first-order valence-corrected chi connectivity index (χ1v) is 7.41. The Balaban J connectivity index is 1.54. The van der Waals surface area contributed by atoms with Crippen LogP contribution in [0.3, 0.4) is 0 Å². The first-order chi connectivity index (χ1) is 11.1. The van der Waals surface area contributed by atoms with Crippen molar-refractivity contribution < 1.29 is 14.5 Å². The molecule has 0 unspecified atom stereocenters. The lowest BCUT2D eigenvalue weighted by atomic mass is 9.85. The van der Waals surface area contributed by atoms with E-state index >= 15 is 0 Å². The Hall–Kier alpha value is -2.83. The fraction of sp³-hybridized carbons (Fsp3) is 0.312. The molecule has 4 rings (SSSR count). The van der Waals surface area contributed by atoms with Crippen molar-refractivity contribution in [1.82, 2.24) is 5.01 Å². The highest BCUT2D eigenvalue weighted by molar-refractivity contribution is 6.06. The zero-order chi connectivity index (χ0) is 16.1. The third-order valence-electron chi connectivity index (χ3n) is 4.87. The number of non-ortho nitro benzene ring substituents is 1. The zero-order valence-electron chi connectivity index (χ0n) is 12.0. The molecule has 1 aromatic rings. The molecule has 0 radical (unpaired) electrons. The van der Waals surface area contributed by atoms with Gasteiger partial charge >= 0.3 is 0 Å². The van der Waals surface area contributed by atoms with Crippen molar-refractivity contribution in [3.8, 4) is 0 Å². The number of amides is 2. The summed E-state index contributed by atoms with van der Waals surface area (Å²) in [4.78, 5) is 35.0. The Morgan fingerprint density at radius 3 is 2.17 bits per heavy atom. The maximum absolute atomic E-state index is 12.4. The Morgan fingerprint density at radius 2 is 1.65 bits per heavy atom. The monoisotopic (exact) mass is 311 g/mol. The number of allylic oxidation sites excluding steroid dienone is 2. The van der Waals surface area contributed by atoms with Crippen molar-refractivity contribution in [2.75, 3.05) is 0 Å². The molecule has 2 bridgehead atoms. The van der Waals surface area contributed by atoms with Gasteiger partial charge in [-0.15, -0.1) is 0 Å². The molecule has 1 aromatic carbocycles. The number of hydrazone groups is 1. The quantitative estimate of drug-likeness (QED) is 0.279. The zero-order valence-corrected chi connectivity index (χ0v) is 12.0. The summed E-state index contributed by atoms with van der Waals surface area (Å²) >= 11 is 0. The highest BCUT2D eigenvalue weighted by atomic mass is 16.6. The summed E-state index contributed by atoms with van der Waals surface area (Å²) in [6, 6.07) is 5.76. The van der Waals surface area contributed by atoms with E-state index in [2.05, 4.69) is 5.10 Å². The van der Waals surface area contributed by atoms with Crippen molar-refractivity contribution in [1.29, 1.82) is 0 Å². The van der Waals surface area contributed by atoms with Crippen LogP contribution >= 0.6 is 0 Å². The van der Waals surface area contributed by atoms with Crippen molar-refractivity contribution >= 4 is 23.7 Å². The number of carbonyl (C=O) groups is 2. The number of hydrogen-bond donors (Lipinski definition) is 0. The van der Waals surface area contributed by atoms with Gasteiger partial charge in [-0.25, -0.2) is 0 Å². The summed E-state index contributed by atoms with van der Waals surface area (Å²) in [6.07, 6.45) is 6.32. The second kappa shape index (κ2) is 4.84. The van der Waals surface area contributed by atoms with Gasteiger partial charge in [-0.2, -0.15) is 10.1 Å². The van der Waals surface area contributed by atoms with E-state index in [1.807, 2.05) is 12.2 Å². The van der Waals surface area contributed by atoms with Crippen LogP contribution in [0.4, 0.5) is 5.69 Å². The molecule has 2 fully saturated rings. The maximum Gasteiger partial charge on any atom is 0.269 e. The Kier molecular flexibility index (Phi) is 2.90. The molecule has 3 aliphatic rings. The van der Waals surface area contributed by atoms with E-state index in [9.17, 15) is 19.7 Å². The summed E-state index contributed by atoms with van der Waals surface area (Å²) in [7, 11) is 0. The molecular weight excluding hydrogens is 298 g/mol. The third kappa shape index (κ3) is 2.00. The van der Waals surface area contributed by atoms with Crippen LogP contribution in [0.15, 0.2) is 41.5 Å². The Morgan fingerprint density at radius 1 is 1.09 bits per heavy atom. The van der Waals surface area contributed by atoms with E-state index in [0.717, 1.165) is 11.4 Å². The summed E-state index contributed by atoms with van der Waals surface area (Å²) in [6.45, 7) is 0. The van der Waals surface area contributed by atoms with E-state index in [0.29, 0.717) is 5.56 Å². The molecule has 4 atom stereocenters. The molecule has 0 aromatic heterocycles. The van der Waals surface area contributed by atoms with Gasteiger partial charge in [0, 0.05) is 12.1 Å². The van der Waals surface area contributed by atoms with Crippen LogP contribution in [-0.2, 0) is 9.59 Å². The summed E-state index contributed by atoms with van der Waals surface area (Å²) in [5, 5.41) is 15.6. The van der Waals surface area contributed by atoms with Gasteiger partial charge in [0.25, 0.3) is 17.5 Å². The molecular formula is C16H13N3O4. The van der Waals surface area contributed by atoms with Crippen molar-refractivity contribution in [2.45, 2.75) is 6.42 Å². The van der Waals surface area contributed by atoms with E-state index in [1.165, 1.54) is 30.5 Å².